The number of thioether (sulfide) groups is 1. The van der Waals surface area contributed by atoms with Crippen LogP contribution in [0.5, 0.6) is 0 Å². The van der Waals surface area contributed by atoms with Gasteiger partial charge in [-0.15, -0.1) is 11.8 Å². The normalized spacial score (nSPS) is 10.7. The van der Waals surface area contributed by atoms with Crippen LogP contribution in [0.4, 0.5) is 0 Å². The van der Waals surface area contributed by atoms with Gasteiger partial charge in [-0.2, -0.15) is 5.10 Å². The van der Waals surface area contributed by atoms with Crippen molar-refractivity contribution in [3.8, 4) is 16.9 Å². The number of ether oxygens (including phenoxy) is 2. The van der Waals surface area contributed by atoms with Crippen molar-refractivity contribution >= 4 is 23.7 Å². The maximum absolute atomic E-state index is 12.8. The molecule has 3 aromatic rings. The lowest BCUT2D eigenvalue weighted by molar-refractivity contribution is 0.0549. The van der Waals surface area contributed by atoms with Crippen molar-refractivity contribution in [2.24, 2.45) is 0 Å². The van der Waals surface area contributed by atoms with Crippen LogP contribution in [0.15, 0.2) is 59.5 Å². The van der Waals surface area contributed by atoms with Crippen molar-refractivity contribution < 1.29 is 19.1 Å². The van der Waals surface area contributed by atoms with Gasteiger partial charge >= 0.3 is 11.9 Å². The summed E-state index contributed by atoms with van der Waals surface area (Å²) in [4.78, 5) is 26.6. The first-order valence-electron chi connectivity index (χ1n) is 10.7. The Balaban J connectivity index is 2.14. The minimum Gasteiger partial charge on any atom is -0.465 e. The Labute approximate surface area is 192 Å². The topological polar surface area (TPSA) is 70.4 Å². The zero-order valence-electron chi connectivity index (χ0n) is 18.7. The lowest BCUT2D eigenvalue weighted by Crippen LogP contribution is -2.15. The number of esters is 2. The molecular formula is C25H28N2O4S. The molecule has 0 atom stereocenters. The first kappa shape index (κ1) is 23.6. The van der Waals surface area contributed by atoms with E-state index in [1.807, 2.05) is 54.6 Å². The van der Waals surface area contributed by atoms with Gasteiger partial charge in [0.2, 0.25) is 0 Å². The Morgan fingerprint density at radius 1 is 0.906 bits per heavy atom. The van der Waals surface area contributed by atoms with Gasteiger partial charge in [0.1, 0.15) is 11.3 Å². The highest BCUT2D eigenvalue weighted by Crippen LogP contribution is 2.36. The maximum Gasteiger partial charge on any atom is 0.357 e. The summed E-state index contributed by atoms with van der Waals surface area (Å²) >= 11 is 1.73. The van der Waals surface area contributed by atoms with Crippen LogP contribution in [0, 0.1) is 0 Å². The summed E-state index contributed by atoms with van der Waals surface area (Å²) in [5, 5.41) is 4.71. The van der Waals surface area contributed by atoms with E-state index in [0.717, 1.165) is 22.6 Å². The number of benzene rings is 2. The minimum absolute atomic E-state index is 0.0447. The van der Waals surface area contributed by atoms with Gasteiger partial charge in [-0.1, -0.05) is 62.6 Å². The smallest absolute Gasteiger partial charge is 0.357 e. The number of unbranched alkanes of at least 4 members (excludes halogenated alkanes) is 3. The van der Waals surface area contributed by atoms with E-state index in [-0.39, 0.29) is 11.3 Å². The number of hydrogen-bond acceptors (Lipinski definition) is 6. The lowest BCUT2D eigenvalue weighted by atomic mass is 10.1. The molecule has 0 N–H and O–H groups in total. The van der Waals surface area contributed by atoms with Crippen molar-refractivity contribution in [1.29, 1.82) is 0 Å². The number of methoxy groups -OCH3 is 2. The molecule has 168 valence electrons. The lowest BCUT2D eigenvalue weighted by Gasteiger charge is -2.09. The molecule has 0 aliphatic heterocycles. The molecule has 1 heterocycles. The standard InChI is InChI=1S/C25H28N2O4S/c1-4-5-6-12-17-32-20-16-11-10-15-19(20)22-21(24(28)30-2)23(25(29)31-3)27(26-22)18-13-8-7-9-14-18/h7-11,13-16H,4-6,12,17H2,1-3H3. The van der Waals surface area contributed by atoms with E-state index >= 15 is 0 Å². The third-order valence-corrected chi connectivity index (χ3v) is 6.21. The largest absolute Gasteiger partial charge is 0.465 e. The molecule has 0 aliphatic carbocycles. The summed E-state index contributed by atoms with van der Waals surface area (Å²) in [6, 6.07) is 17.0. The number of rotatable bonds is 10. The summed E-state index contributed by atoms with van der Waals surface area (Å²) in [6.45, 7) is 2.19. The number of carbonyl (C=O) groups is 2. The van der Waals surface area contributed by atoms with Crippen molar-refractivity contribution in [2.75, 3.05) is 20.0 Å². The van der Waals surface area contributed by atoms with Gasteiger partial charge in [0.05, 0.1) is 19.9 Å². The molecule has 0 saturated heterocycles. The van der Waals surface area contributed by atoms with E-state index in [9.17, 15) is 9.59 Å². The van der Waals surface area contributed by atoms with Crippen LogP contribution in [0.1, 0.15) is 53.5 Å². The number of hydrogen-bond donors (Lipinski definition) is 0. The highest BCUT2D eigenvalue weighted by atomic mass is 32.2. The first-order valence-corrected chi connectivity index (χ1v) is 11.7. The quantitative estimate of drug-likeness (QED) is 0.220. The Morgan fingerprint density at radius 2 is 1.59 bits per heavy atom. The van der Waals surface area contributed by atoms with E-state index in [0.29, 0.717) is 11.4 Å². The number of aromatic nitrogens is 2. The van der Waals surface area contributed by atoms with Crippen LogP contribution < -0.4 is 0 Å². The van der Waals surface area contributed by atoms with Gasteiger partial charge < -0.3 is 9.47 Å². The maximum atomic E-state index is 12.8. The van der Waals surface area contributed by atoms with E-state index < -0.39 is 11.9 Å². The minimum atomic E-state index is -0.655. The molecule has 0 saturated carbocycles. The molecule has 32 heavy (non-hydrogen) atoms. The van der Waals surface area contributed by atoms with Crippen LogP contribution in [0.25, 0.3) is 16.9 Å². The SMILES string of the molecule is CCCCCCSc1ccccc1-c1nn(-c2ccccc2)c(C(=O)OC)c1C(=O)OC. The van der Waals surface area contributed by atoms with Crippen molar-refractivity contribution in [3.63, 3.8) is 0 Å². The second kappa shape index (κ2) is 11.5. The zero-order chi connectivity index (χ0) is 22.9. The fraction of sp³-hybridized carbons (Fsp3) is 0.320. The Morgan fingerprint density at radius 3 is 2.28 bits per heavy atom. The van der Waals surface area contributed by atoms with Crippen LogP contribution in [-0.2, 0) is 9.47 Å². The molecule has 0 spiro atoms. The molecule has 1 aromatic heterocycles. The van der Waals surface area contributed by atoms with Crippen molar-refractivity contribution in [2.45, 2.75) is 37.5 Å². The van der Waals surface area contributed by atoms with Gasteiger partial charge in [0, 0.05) is 10.5 Å². The fourth-order valence-electron chi connectivity index (χ4n) is 3.44. The van der Waals surface area contributed by atoms with Gasteiger partial charge in [0.25, 0.3) is 0 Å². The first-order chi connectivity index (χ1) is 15.6. The molecule has 0 fully saturated rings. The molecule has 0 aliphatic rings. The summed E-state index contributed by atoms with van der Waals surface area (Å²) in [6.07, 6.45) is 4.71. The second-order valence-corrected chi connectivity index (χ2v) is 8.34. The van der Waals surface area contributed by atoms with E-state index in [4.69, 9.17) is 14.6 Å². The highest BCUT2D eigenvalue weighted by Gasteiger charge is 2.32. The molecule has 0 bridgehead atoms. The number of carbonyl (C=O) groups excluding carboxylic acids is 2. The summed E-state index contributed by atoms with van der Waals surface area (Å²) in [5.41, 5.74) is 1.98. The molecule has 0 amide bonds. The summed E-state index contributed by atoms with van der Waals surface area (Å²) < 4.78 is 11.5. The predicted molar refractivity (Wildman–Crippen MR) is 127 cm³/mol. The Kier molecular flexibility index (Phi) is 8.50. The van der Waals surface area contributed by atoms with E-state index in [2.05, 4.69) is 6.92 Å². The second-order valence-electron chi connectivity index (χ2n) is 7.21. The summed E-state index contributed by atoms with van der Waals surface area (Å²) in [7, 11) is 2.58. The van der Waals surface area contributed by atoms with Crippen LogP contribution in [-0.4, -0.2) is 41.7 Å². The van der Waals surface area contributed by atoms with Gasteiger partial charge in [0.15, 0.2) is 5.69 Å². The molecule has 6 nitrogen and oxygen atoms in total. The predicted octanol–water partition coefficient (Wildman–Crippen LogP) is 5.78. The fourth-order valence-corrected chi connectivity index (χ4v) is 4.51. The monoisotopic (exact) mass is 452 g/mol. The molecule has 0 unspecified atom stereocenters. The Bertz CT molecular complexity index is 1060. The van der Waals surface area contributed by atoms with E-state index in [1.54, 1.807) is 11.8 Å². The highest BCUT2D eigenvalue weighted by molar-refractivity contribution is 7.99. The van der Waals surface area contributed by atoms with Gasteiger partial charge in [-0.25, -0.2) is 14.3 Å². The average molecular weight is 453 g/mol. The van der Waals surface area contributed by atoms with Gasteiger partial charge in [-0.05, 0) is 30.4 Å². The third kappa shape index (κ3) is 5.22. The summed E-state index contributed by atoms with van der Waals surface area (Å²) in [5.74, 6) is -0.323. The Hall–Kier alpha value is -3.06. The molecule has 3 rings (SSSR count). The number of nitrogens with zero attached hydrogens (tertiary/aromatic N) is 2. The zero-order valence-corrected chi connectivity index (χ0v) is 19.5. The van der Waals surface area contributed by atoms with Crippen LogP contribution >= 0.6 is 11.8 Å². The number of para-hydroxylation sites is 1. The van der Waals surface area contributed by atoms with E-state index in [1.165, 1.54) is 38.2 Å². The third-order valence-electron chi connectivity index (χ3n) is 5.05. The average Bonchev–Trinajstić information content (AvgIpc) is 3.24. The molecule has 0 radical (unpaired) electrons. The van der Waals surface area contributed by atoms with Crippen molar-refractivity contribution in [3.05, 3.63) is 65.9 Å². The van der Waals surface area contributed by atoms with Gasteiger partial charge in [-0.3, -0.25) is 0 Å². The molecule has 7 heteroatoms. The van der Waals surface area contributed by atoms with Crippen LogP contribution in [0.2, 0.25) is 0 Å². The molecular weight excluding hydrogens is 424 g/mol. The van der Waals surface area contributed by atoms with Crippen LogP contribution in [0.3, 0.4) is 0 Å². The van der Waals surface area contributed by atoms with Crippen molar-refractivity contribution in [1.82, 2.24) is 9.78 Å². The molecule has 2 aromatic carbocycles.